The minimum atomic E-state index is -2.35. The van der Waals surface area contributed by atoms with E-state index in [0.29, 0.717) is 6.54 Å². The summed E-state index contributed by atoms with van der Waals surface area (Å²) in [5.41, 5.74) is 5.35. The lowest BCUT2D eigenvalue weighted by molar-refractivity contribution is 0.123. The van der Waals surface area contributed by atoms with Crippen molar-refractivity contribution in [3.63, 3.8) is 0 Å². The second-order valence-corrected chi connectivity index (χ2v) is 6.03. The largest absolute Gasteiger partial charge is 0.500 e. The summed E-state index contributed by atoms with van der Waals surface area (Å²) >= 11 is 0. The van der Waals surface area contributed by atoms with Crippen LogP contribution in [0.15, 0.2) is 0 Å². The highest BCUT2D eigenvalue weighted by molar-refractivity contribution is 6.60. The van der Waals surface area contributed by atoms with Gasteiger partial charge in [0.1, 0.15) is 0 Å². The molecular weight excluding hydrogens is 201 g/mol. The third-order valence-corrected chi connectivity index (χ3v) is 4.92. The van der Waals surface area contributed by atoms with Gasteiger partial charge < -0.3 is 24.3 Å². The van der Waals surface area contributed by atoms with Crippen LogP contribution in [0.5, 0.6) is 0 Å². The van der Waals surface area contributed by atoms with E-state index < -0.39 is 8.80 Å². The summed E-state index contributed by atoms with van der Waals surface area (Å²) in [4.78, 5) is 0. The fourth-order valence-electron chi connectivity index (χ4n) is 1.21. The predicted molar refractivity (Wildman–Crippen MR) is 58.1 cm³/mol. The van der Waals surface area contributed by atoms with Gasteiger partial charge in [-0.3, -0.25) is 0 Å². The lowest BCUT2D eigenvalue weighted by atomic mass is 10.5. The van der Waals surface area contributed by atoms with Gasteiger partial charge in [-0.2, -0.15) is 0 Å². The molecule has 0 aromatic heterocycles. The normalized spacial score (nSPS) is 12.0. The van der Waals surface area contributed by atoms with E-state index in [4.69, 9.17) is 19.0 Å². The molecule has 0 radical (unpaired) electrons. The molecule has 0 unspecified atom stereocenters. The van der Waals surface area contributed by atoms with Crippen molar-refractivity contribution in [2.45, 2.75) is 12.5 Å². The van der Waals surface area contributed by atoms with Gasteiger partial charge in [0.05, 0.1) is 0 Å². The van der Waals surface area contributed by atoms with Crippen molar-refractivity contribution in [3.05, 3.63) is 0 Å². The highest BCUT2D eigenvalue weighted by Gasteiger charge is 2.36. The van der Waals surface area contributed by atoms with E-state index in [0.717, 1.165) is 25.6 Å². The van der Waals surface area contributed by atoms with Gasteiger partial charge in [-0.15, -0.1) is 0 Å². The first-order valence-electron chi connectivity index (χ1n) is 4.81. The molecule has 0 aromatic rings. The SMILES string of the molecule is CO[Si](CCCNCC[15NH2])(OC)OC. The van der Waals surface area contributed by atoms with Crippen molar-refractivity contribution < 1.29 is 13.3 Å². The van der Waals surface area contributed by atoms with Crippen LogP contribution >= 0.6 is 0 Å². The third kappa shape index (κ3) is 5.04. The van der Waals surface area contributed by atoms with Crippen LogP contribution in [-0.4, -0.2) is 49.8 Å². The monoisotopic (exact) mass is 223 g/mol. The summed E-state index contributed by atoms with van der Waals surface area (Å²) in [5.74, 6) is 0. The van der Waals surface area contributed by atoms with E-state index in [9.17, 15) is 0 Å². The summed E-state index contributed by atoms with van der Waals surface area (Å²) in [5, 5.41) is 3.21. The van der Waals surface area contributed by atoms with Crippen LogP contribution in [0.1, 0.15) is 6.42 Å². The van der Waals surface area contributed by atoms with Gasteiger partial charge in [-0.1, -0.05) is 0 Å². The number of nitrogens with two attached hydrogens (primary N) is 1. The van der Waals surface area contributed by atoms with Gasteiger partial charge in [0.25, 0.3) is 0 Å². The molecule has 6 heteroatoms. The summed E-state index contributed by atoms with van der Waals surface area (Å²) in [6.07, 6.45) is 0.974. The van der Waals surface area contributed by atoms with Crippen molar-refractivity contribution in [3.8, 4) is 0 Å². The molecule has 3 N–H and O–H groups in total. The van der Waals surface area contributed by atoms with Crippen LogP contribution in [0.3, 0.4) is 0 Å². The van der Waals surface area contributed by atoms with Crippen LogP contribution in [0.25, 0.3) is 0 Å². The number of nitrogens with one attached hydrogen (secondary N) is 1. The molecule has 0 saturated carbocycles. The topological polar surface area (TPSA) is 65.7 Å². The van der Waals surface area contributed by atoms with Gasteiger partial charge in [0.15, 0.2) is 0 Å². The van der Waals surface area contributed by atoms with E-state index in [1.165, 1.54) is 0 Å². The maximum absolute atomic E-state index is 5.35. The van der Waals surface area contributed by atoms with Crippen LogP contribution in [0.4, 0.5) is 0 Å². The predicted octanol–water partition coefficient (Wildman–Crippen LogP) is -0.197. The second kappa shape index (κ2) is 8.34. The smallest absolute Gasteiger partial charge is 0.377 e. The first-order valence-corrected chi connectivity index (χ1v) is 6.74. The Morgan fingerprint density at radius 1 is 1.07 bits per heavy atom. The van der Waals surface area contributed by atoms with E-state index in [-0.39, 0.29) is 0 Å². The van der Waals surface area contributed by atoms with Crippen molar-refractivity contribution in [1.82, 2.24) is 5.32 Å². The van der Waals surface area contributed by atoms with Crippen molar-refractivity contribution >= 4 is 8.80 Å². The van der Waals surface area contributed by atoms with Gasteiger partial charge in [0.2, 0.25) is 0 Å². The maximum Gasteiger partial charge on any atom is 0.500 e. The fraction of sp³-hybridized carbons (Fsp3) is 1.00. The molecule has 0 rings (SSSR count). The maximum atomic E-state index is 5.35. The molecule has 0 spiro atoms. The Morgan fingerprint density at radius 3 is 2.07 bits per heavy atom. The Bertz CT molecular complexity index is 125. The zero-order chi connectivity index (χ0) is 10.9. The summed E-state index contributed by atoms with van der Waals surface area (Å²) in [7, 11) is 2.55. The van der Waals surface area contributed by atoms with Crippen molar-refractivity contribution in [2.24, 2.45) is 5.73 Å². The molecule has 0 aliphatic heterocycles. The number of hydrogen-bond acceptors (Lipinski definition) is 5. The van der Waals surface area contributed by atoms with E-state index in [1.807, 2.05) is 0 Å². The molecular formula is C8H22N2O3Si. The molecule has 0 atom stereocenters. The molecule has 0 saturated heterocycles. The molecule has 5 nitrogen and oxygen atoms in total. The molecule has 0 aromatic carbocycles. The fourth-order valence-corrected chi connectivity index (χ4v) is 2.94. The number of hydrogen-bond donors (Lipinski definition) is 2. The van der Waals surface area contributed by atoms with Crippen LogP contribution in [0, 0.1) is 0 Å². The average molecular weight is 223 g/mol. The summed E-state index contributed by atoms with van der Waals surface area (Å²) < 4.78 is 15.9. The quantitative estimate of drug-likeness (QED) is 0.322. The highest BCUT2D eigenvalue weighted by atomic mass is 28.4. The molecule has 0 bridgehead atoms. The summed E-state index contributed by atoms with van der Waals surface area (Å²) in [6, 6.07) is 0.827. The van der Waals surface area contributed by atoms with Crippen molar-refractivity contribution in [2.75, 3.05) is 41.0 Å². The molecule has 86 valence electrons. The Balaban J connectivity index is 3.61. The summed E-state index contributed by atoms with van der Waals surface area (Å²) in [6.45, 7) is 2.44. The first-order chi connectivity index (χ1) is 6.74. The lowest BCUT2D eigenvalue weighted by Crippen LogP contribution is -2.43. The first kappa shape index (κ1) is 14.0. The van der Waals surface area contributed by atoms with Crippen LogP contribution < -0.4 is 11.1 Å². The Kier molecular flexibility index (Phi) is 8.35. The Hall–Kier alpha value is 0.0169. The van der Waals surface area contributed by atoms with E-state index in [2.05, 4.69) is 5.32 Å². The van der Waals surface area contributed by atoms with Crippen LogP contribution in [0.2, 0.25) is 6.04 Å². The van der Waals surface area contributed by atoms with E-state index in [1.54, 1.807) is 21.3 Å². The number of rotatable bonds is 9. The van der Waals surface area contributed by atoms with Crippen LogP contribution in [-0.2, 0) is 13.3 Å². The van der Waals surface area contributed by atoms with Crippen molar-refractivity contribution in [1.29, 1.82) is 0 Å². The molecule has 0 amide bonds. The zero-order valence-electron chi connectivity index (χ0n) is 9.34. The molecule has 14 heavy (non-hydrogen) atoms. The molecule has 0 aliphatic rings. The van der Waals surface area contributed by atoms with Gasteiger partial charge in [0, 0.05) is 40.5 Å². The standard InChI is InChI=1S/C8H22N2O3Si/c1-11-14(12-2,13-3)8-4-6-10-7-5-9/h10H,4-9H2,1-3H3/i9+1. The third-order valence-electron chi connectivity index (χ3n) is 2.09. The molecule has 0 fully saturated rings. The van der Waals surface area contributed by atoms with Gasteiger partial charge in [-0.25, -0.2) is 0 Å². The van der Waals surface area contributed by atoms with Gasteiger partial charge >= 0.3 is 8.80 Å². The average Bonchev–Trinajstić information content (AvgIpc) is 2.24. The molecule has 0 heterocycles. The second-order valence-electron chi connectivity index (χ2n) is 2.94. The Labute approximate surface area is 87.3 Å². The Morgan fingerprint density at radius 2 is 1.64 bits per heavy atom. The minimum Gasteiger partial charge on any atom is -0.377 e. The lowest BCUT2D eigenvalue weighted by Gasteiger charge is -2.24. The molecule has 0 aliphatic carbocycles. The minimum absolute atomic E-state index is 0.668. The zero-order valence-corrected chi connectivity index (χ0v) is 10.3. The van der Waals surface area contributed by atoms with E-state index >= 15 is 0 Å². The highest BCUT2D eigenvalue weighted by Crippen LogP contribution is 2.13. The van der Waals surface area contributed by atoms with Gasteiger partial charge in [-0.05, 0) is 13.0 Å².